The van der Waals surface area contributed by atoms with Crippen molar-refractivity contribution in [1.82, 2.24) is 5.32 Å². The van der Waals surface area contributed by atoms with Crippen LogP contribution in [0.2, 0.25) is 5.02 Å². The van der Waals surface area contributed by atoms with Crippen LogP contribution < -0.4 is 15.0 Å². The van der Waals surface area contributed by atoms with Crippen LogP contribution in [0.3, 0.4) is 0 Å². The lowest BCUT2D eigenvalue weighted by molar-refractivity contribution is -0.122. The van der Waals surface area contributed by atoms with Crippen molar-refractivity contribution in [3.05, 3.63) is 64.7 Å². The number of ether oxygens (including phenoxy) is 1. The molecule has 2 aromatic rings. The number of aliphatic hydroxyl groups excluding tert-OH is 1. The largest absolute Gasteiger partial charge is 0.491 e. The first-order valence-corrected chi connectivity index (χ1v) is 8.79. The van der Waals surface area contributed by atoms with Crippen LogP contribution in [-0.2, 0) is 9.59 Å². The molecule has 6 nitrogen and oxygen atoms in total. The van der Waals surface area contributed by atoms with E-state index in [0.717, 1.165) is 0 Å². The minimum absolute atomic E-state index is 0.00417. The van der Waals surface area contributed by atoms with E-state index in [1.54, 1.807) is 48.5 Å². The van der Waals surface area contributed by atoms with E-state index in [0.29, 0.717) is 22.0 Å². The summed E-state index contributed by atoms with van der Waals surface area (Å²) in [6.07, 6.45) is 1.47. The standard InChI is InChI=1S/C19H15ClN2O4S/c20-13-4-6-14(7-5-13)22-18(25)16(17(24)21-19(22)27)11-12-2-1-3-15(10-12)26-9-8-23/h1-7,10-11,23H,8-9H2,(H,21,24,27). The summed E-state index contributed by atoms with van der Waals surface area (Å²) in [6.45, 7) is 0.0394. The molecule has 0 aliphatic carbocycles. The molecule has 0 spiro atoms. The zero-order chi connectivity index (χ0) is 19.4. The van der Waals surface area contributed by atoms with E-state index in [2.05, 4.69) is 5.32 Å². The van der Waals surface area contributed by atoms with E-state index >= 15 is 0 Å². The van der Waals surface area contributed by atoms with E-state index in [4.69, 9.17) is 33.7 Å². The van der Waals surface area contributed by atoms with Gasteiger partial charge in [0.15, 0.2) is 5.11 Å². The lowest BCUT2D eigenvalue weighted by Gasteiger charge is -2.29. The Balaban J connectivity index is 1.93. The van der Waals surface area contributed by atoms with E-state index in [1.807, 2.05) is 0 Å². The summed E-state index contributed by atoms with van der Waals surface area (Å²) in [5, 5.41) is 11.9. The van der Waals surface area contributed by atoms with Crippen LogP contribution in [0, 0.1) is 0 Å². The Morgan fingerprint density at radius 1 is 1.19 bits per heavy atom. The van der Waals surface area contributed by atoms with Gasteiger partial charge in [-0.15, -0.1) is 0 Å². The summed E-state index contributed by atoms with van der Waals surface area (Å²) in [4.78, 5) is 26.5. The molecule has 8 heteroatoms. The maximum Gasteiger partial charge on any atom is 0.270 e. The molecule has 2 aromatic carbocycles. The van der Waals surface area contributed by atoms with Crippen LogP contribution in [0.1, 0.15) is 5.56 Å². The minimum atomic E-state index is -0.572. The topological polar surface area (TPSA) is 78.9 Å². The second-order valence-corrected chi connectivity index (χ2v) is 6.40. The molecule has 2 N–H and O–H groups in total. The molecule has 1 aliphatic heterocycles. The van der Waals surface area contributed by atoms with Crippen LogP contribution in [0.5, 0.6) is 5.75 Å². The number of aliphatic hydroxyl groups is 1. The van der Waals surface area contributed by atoms with Gasteiger partial charge in [0.05, 0.1) is 12.3 Å². The third-order valence-electron chi connectivity index (χ3n) is 3.72. The molecule has 27 heavy (non-hydrogen) atoms. The molecule has 1 heterocycles. The molecule has 2 amide bonds. The Morgan fingerprint density at radius 2 is 1.93 bits per heavy atom. The average molecular weight is 403 g/mol. The molecule has 0 atom stereocenters. The maximum atomic E-state index is 12.9. The lowest BCUT2D eigenvalue weighted by Crippen LogP contribution is -2.54. The fraction of sp³-hybridized carbons (Fsp3) is 0.105. The lowest BCUT2D eigenvalue weighted by atomic mass is 10.1. The molecule has 0 saturated carbocycles. The van der Waals surface area contributed by atoms with Gasteiger partial charge in [-0.2, -0.15) is 0 Å². The van der Waals surface area contributed by atoms with E-state index in [-0.39, 0.29) is 23.9 Å². The highest BCUT2D eigenvalue weighted by molar-refractivity contribution is 7.80. The van der Waals surface area contributed by atoms with Gasteiger partial charge in [0.2, 0.25) is 0 Å². The molecular formula is C19H15ClN2O4S. The molecule has 0 radical (unpaired) electrons. The third-order valence-corrected chi connectivity index (χ3v) is 4.25. The monoisotopic (exact) mass is 402 g/mol. The number of carbonyl (C=O) groups excluding carboxylic acids is 2. The maximum absolute atomic E-state index is 12.9. The molecular weight excluding hydrogens is 388 g/mol. The Bertz CT molecular complexity index is 928. The van der Waals surface area contributed by atoms with Gasteiger partial charge in [0.1, 0.15) is 17.9 Å². The SMILES string of the molecule is O=C1NC(=S)N(c2ccc(Cl)cc2)C(=O)C1=Cc1cccc(OCCO)c1. The highest BCUT2D eigenvalue weighted by Crippen LogP contribution is 2.24. The van der Waals surface area contributed by atoms with Crippen LogP contribution in [0.4, 0.5) is 5.69 Å². The first-order chi connectivity index (χ1) is 13.0. The molecule has 3 rings (SSSR count). The van der Waals surface area contributed by atoms with Gasteiger partial charge >= 0.3 is 0 Å². The summed E-state index contributed by atoms with van der Waals surface area (Å²) in [5.41, 5.74) is 1.05. The van der Waals surface area contributed by atoms with Gasteiger partial charge in [0.25, 0.3) is 11.8 Å². The van der Waals surface area contributed by atoms with Crippen LogP contribution in [0.15, 0.2) is 54.1 Å². The molecule has 0 bridgehead atoms. The highest BCUT2D eigenvalue weighted by Gasteiger charge is 2.34. The van der Waals surface area contributed by atoms with Gasteiger partial charge in [-0.25, -0.2) is 0 Å². The van der Waals surface area contributed by atoms with Gasteiger partial charge < -0.3 is 9.84 Å². The second-order valence-electron chi connectivity index (χ2n) is 5.58. The van der Waals surface area contributed by atoms with Crippen molar-refractivity contribution in [3.63, 3.8) is 0 Å². The summed E-state index contributed by atoms with van der Waals surface area (Å²) < 4.78 is 5.35. The third kappa shape index (κ3) is 4.33. The number of hydrogen-bond acceptors (Lipinski definition) is 5. The summed E-state index contributed by atoms with van der Waals surface area (Å²) in [7, 11) is 0. The fourth-order valence-electron chi connectivity index (χ4n) is 2.51. The second kappa shape index (κ2) is 8.30. The molecule has 138 valence electrons. The van der Waals surface area contributed by atoms with Gasteiger partial charge in [-0.1, -0.05) is 23.7 Å². The number of carbonyl (C=O) groups is 2. The normalized spacial score (nSPS) is 15.9. The van der Waals surface area contributed by atoms with Crippen LogP contribution in [-0.4, -0.2) is 35.2 Å². The number of benzene rings is 2. The Hall–Kier alpha value is -2.74. The van der Waals surface area contributed by atoms with E-state index in [1.165, 1.54) is 11.0 Å². The van der Waals surface area contributed by atoms with E-state index in [9.17, 15) is 9.59 Å². The first kappa shape index (κ1) is 19.0. The molecule has 1 fully saturated rings. The predicted octanol–water partition coefficient (Wildman–Crippen LogP) is 2.54. The smallest absolute Gasteiger partial charge is 0.270 e. The van der Waals surface area contributed by atoms with Crippen molar-refractivity contribution < 1.29 is 19.4 Å². The number of amides is 2. The summed E-state index contributed by atoms with van der Waals surface area (Å²) in [5.74, 6) is -0.586. The minimum Gasteiger partial charge on any atom is -0.491 e. The highest BCUT2D eigenvalue weighted by atomic mass is 35.5. The van der Waals surface area contributed by atoms with Gasteiger partial charge in [-0.3, -0.25) is 19.8 Å². The fourth-order valence-corrected chi connectivity index (χ4v) is 2.91. The zero-order valence-corrected chi connectivity index (χ0v) is 15.6. The Morgan fingerprint density at radius 3 is 2.63 bits per heavy atom. The average Bonchev–Trinajstić information content (AvgIpc) is 2.65. The van der Waals surface area contributed by atoms with Crippen molar-refractivity contribution in [2.24, 2.45) is 0 Å². The van der Waals surface area contributed by atoms with Crippen molar-refractivity contribution in [1.29, 1.82) is 0 Å². The molecule has 1 aliphatic rings. The van der Waals surface area contributed by atoms with Crippen LogP contribution in [0.25, 0.3) is 6.08 Å². The molecule has 0 aromatic heterocycles. The van der Waals surface area contributed by atoms with Crippen molar-refractivity contribution >= 4 is 52.5 Å². The predicted molar refractivity (Wildman–Crippen MR) is 107 cm³/mol. The quantitative estimate of drug-likeness (QED) is 0.456. The number of hydrogen-bond donors (Lipinski definition) is 2. The number of nitrogens with zero attached hydrogens (tertiary/aromatic N) is 1. The number of rotatable bonds is 5. The van der Waals surface area contributed by atoms with Gasteiger partial charge in [0, 0.05) is 5.02 Å². The number of halogens is 1. The summed E-state index contributed by atoms with van der Waals surface area (Å²) in [6, 6.07) is 13.4. The Labute approximate surface area is 166 Å². The number of nitrogens with one attached hydrogen (secondary N) is 1. The van der Waals surface area contributed by atoms with Crippen molar-refractivity contribution in [3.8, 4) is 5.75 Å². The van der Waals surface area contributed by atoms with Crippen molar-refractivity contribution in [2.75, 3.05) is 18.1 Å². The molecule has 0 unspecified atom stereocenters. The van der Waals surface area contributed by atoms with Crippen LogP contribution >= 0.6 is 23.8 Å². The van der Waals surface area contributed by atoms with Crippen molar-refractivity contribution in [2.45, 2.75) is 0 Å². The van der Waals surface area contributed by atoms with Gasteiger partial charge in [-0.05, 0) is 60.3 Å². The number of thiocarbonyl (C=S) groups is 1. The Kier molecular flexibility index (Phi) is 5.85. The first-order valence-electron chi connectivity index (χ1n) is 8.00. The molecule has 1 saturated heterocycles. The summed E-state index contributed by atoms with van der Waals surface area (Å²) >= 11 is 11.0. The van der Waals surface area contributed by atoms with E-state index < -0.39 is 11.8 Å². The number of anilines is 1. The zero-order valence-electron chi connectivity index (χ0n) is 14.0.